The molecular weight excluding hydrogens is 326 g/mol. The number of nitrogens with zero attached hydrogens (tertiary/aromatic N) is 2. The Kier molecular flexibility index (Phi) is 7.36. The molecule has 2 rings (SSSR count). The summed E-state index contributed by atoms with van der Waals surface area (Å²) in [4.78, 5) is 6.00. The van der Waals surface area contributed by atoms with Crippen molar-refractivity contribution in [3.8, 4) is 0 Å². The Balaban J connectivity index is 2.36. The van der Waals surface area contributed by atoms with Crippen molar-refractivity contribution in [2.75, 3.05) is 55.8 Å². The highest BCUT2D eigenvalue weighted by molar-refractivity contribution is 8.02. The van der Waals surface area contributed by atoms with E-state index in [9.17, 15) is 10.2 Å². The number of hydrogen-bond donors (Lipinski definition) is 4. The highest BCUT2D eigenvalue weighted by atomic mass is 32.2. The second-order valence-corrected chi connectivity index (χ2v) is 6.10. The molecule has 0 amide bonds. The summed E-state index contributed by atoms with van der Waals surface area (Å²) in [6.07, 6.45) is 0. The average molecular weight is 349 g/mol. The highest BCUT2D eigenvalue weighted by Crippen LogP contribution is 2.37. The maximum absolute atomic E-state index is 9.21. The number of aliphatic hydroxyl groups excluding tert-OH is 3. The van der Waals surface area contributed by atoms with Gasteiger partial charge in [-0.3, -0.25) is 0 Å². The zero-order valence-corrected chi connectivity index (χ0v) is 14.3. The number of allylic oxidation sites excluding steroid dienone is 1. The molecule has 0 spiro atoms. The largest absolute Gasteiger partial charge is 0.398 e. The van der Waals surface area contributed by atoms with Crippen LogP contribution in [0.15, 0.2) is 34.2 Å². The van der Waals surface area contributed by atoms with Crippen LogP contribution >= 0.6 is 11.8 Å². The van der Waals surface area contributed by atoms with Crippen LogP contribution in [0, 0.1) is 0 Å². The van der Waals surface area contributed by atoms with E-state index in [0.29, 0.717) is 25.3 Å². The quantitative estimate of drug-likeness (QED) is 0.408. The standard InChI is InChI=1S/C17H23N3O3S/c18-17-2-1-14(20(4-7-22)5-8-23)9-15(17)16-12-24-11-13(16)10-19-3-6-21/h1-2,9,12,21-23H,3-8,11,18H2. The molecule has 0 atom stereocenters. The van der Waals surface area contributed by atoms with Crippen molar-refractivity contribution in [1.82, 2.24) is 0 Å². The van der Waals surface area contributed by atoms with E-state index in [1.54, 1.807) is 11.8 Å². The van der Waals surface area contributed by atoms with Crippen LogP contribution in [0.3, 0.4) is 0 Å². The Morgan fingerprint density at radius 1 is 1.17 bits per heavy atom. The molecule has 0 radical (unpaired) electrons. The van der Waals surface area contributed by atoms with E-state index in [2.05, 4.69) is 10.9 Å². The summed E-state index contributed by atoms with van der Waals surface area (Å²) in [7, 11) is 0. The summed E-state index contributed by atoms with van der Waals surface area (Å²) in [5.41, 5.74) is 10.5. The molecule has 0 saturated heterocycles. The molecule has 130 valence electrons. The molecule has 1 aliphatic heterocycles. The summed E-state index contributed by atoms with van der Waals surface area (Å²) in [5, 5.41) is 29.3. The van der Waals surface area contributed by atoms with Crippen LogP contribution in [0.5, 0.6) is 0 Å². The van der Waals surface area contributed by atoms with Gasteiger partial charge in [0.05, 0.1) is 26.4 Å². The lowest BCUT2D eigenvalue weighted by atomic mass is 9.99. The molecular formula is C17H23N3O3S. The van der Waals surface area contributed by atoms with Gasteiger partial charge in [-0.05, 0) is 29.5 Å². The first-order valence-electron chi connectivity index (χ1n) is 7.79. The van der Waals surface area contributed by atoms with Gasteiger partial charge in [0.2, 0.25) is 0 Å². The van der Waals surface area contributed by atoms with Crippen molar-refractivity contribution in [2.24, 2.45) is 4.99 Å². The van der Waals surface area contributed by atoms with Gasteiger partial charge >= 0.3 is 0 Å². The lowest BCUT2D eigenvalue weighted by Gasteiger charge is -2.24. The minimum Gasteiger partial charge on any atom is -0.398 e. The first-order chi connectivity index (χ1) is 11.7. The highest BCUT2D eigenvalue weighted by Gasteiger charge is 2.18. The maximum atomic E-state index is 9.21. The third-order valence-electron chi connectivity index (χ3n) is 3.61. The summed E-state index contributed by atoms with van der Waals surface area (Å²) in [6, 6.07) is 5.68. The molecule has 1 aromatic carbocycles. The fraction of sp³-hybridized carbons (Fsp3) is 0.412. The van der Waals surface area contributed by atoms with Crippen LogP contribution in [-0.2, 0) is 0 Å². The van der Waals surface area contributed by atoms with Crippen LogP contribution in [0.4, 0.5) is 11.4 Å². The van der Waals surface area contributed by atoms with E-state index in [4.69, 9.17) is 10.8 Å². The molecule has 0 aromatic heterocycles. The normalized spacial score (nSPS) is 13.6. The number of hydrogen-bond acceptors (Lipinski definition) is 7. The minimum atomic E-state index is 0.00136. The second-order valence-electron chi connectivity index (χ2n) is 5.24. The number of anilines is 2. The molecule has 5 N–H and O–H groups in total. The number of aliphatic imine (C=N–C) groups is 1. The molecule has 1 aliphatic rings. The van der Waals surface area contributed by atoms with Crippen molar-refractivity contribution in [3.63, 3.8) is 0 Å². The van der Waals surface area contributed by atoms with Gasteiger partial charge in [-0.25, -0.2) is 4.99 Å². The van der Waals surface area contributed by atoms with Gasteiger partial charge < -0.3 is 26.0 Å². The fourth-order valence-electron chi connectivity index (χ4n) is 2.46. The summed E-state index contributed by atoms with van der Waals surface area (Å²) in [6.45, 7) is 1.24. The van der Waals surface area contributed by atoms with Gasteiger partial charge in [0.15, 0.2) is 0 Å². The van der Waals surface area contributed by atoms with Crippen molar-refractivity contribution in [2.45, 2.75) is 0 Å². The zero-order chi connectivity index (χ0) is 17.4. The summed E-state index contributed by atoms with van der Waals surface area (Å²) < 4.78 is 0. The minimum absolute atomic E-state index is 0.00136. The predicted octanol–water partition coefficient (Wildman–Crippen LogP) is 0.736. The molecule has 0 unspecified atom stereocenters. The molecule has 7 heteroatoms. The SMILES string of the molecule is Nc1ccc(N(CCO)CCO)cc1C1=CSCC1=C=NCCO. The Hall–Kier alpha value is -1.76. The number of aliphatic hydroxyl groups is 3. The molecule has 1 heterocycles. The van der Waals surface area contributed by atoms with E-state index in [1.165, 1.54) is 0 Å². The first kappa shape index (κ1) is 18.6. The van der Waals surface area contributed by atoms with Gasteiger partial charge in [0.25, 0.3) is 0 Å². The fourth-order valence-corrected chi connectivity index (χ4v) is 3.37. The van der Waals surface area contributed by atoms with E-state index in [-0.39, 0.29) is 19.8 Å². The van der Waals surface area contributed by atoms with Crippen LogP contribution < -0.4 is 10.6 Å². The van der Waals surface area contributed by atoms with Crippen LogP contribution in [0.1, 0.15) is 5.56 Å². The van der Waals surface area contributed by atoms with Gasteiger partial charge in [-0.1, -0.05) is 0 Å². The smallest absolute Gasteiger partial charge is 0.0715 e. The van der Waals surface area contributed by atoms with E-state index in [0.717, 1.165) is 28.1 Å². The van der Waals surface area contributed by atoms with Crippen molar-refractivity contribution in [3.05, 3.63) is 34.7 Å². The maximum Gasteiger partial charge on any atom is 0.0715 e. The zero-order valence-electron chi connectivity index (χ0n) is 13.5. The Labute approximate surface area is 146 Å². The summed E-state index contributed by atoms with van der Waals surface area (Å²) >= 11 is 1.65. The average Bonchev–Trinajstić information content (AvgIpc) is 3.04. The van der Waals surface area contributed by atoms with E-state index >= 15 is 0 Å². The third-order valence-corrected chi connectivity index (χ3v) is 4.47. The van der Waals surface area contributed by atoms with E-state index < -0.39 is 0 Å². The number of thioether (sulfide) groups is 1. The van der Waals surface area contributed by atoms with Gasteiger partial charge in [0, 0.05) is 46.9 Å². The number of nitrogens with two attached hydrogens (primary N) is 1. The van der Waals surface area contributed by atoms with Crippen molar-refractivity contribution < 1.29 is 15.3 Å². The molecule has 1 aromatic rings. The Morgan fingerprint density at radius 2 is 1.92 bits per heavy atom. The Morgan fingerprint density at radius 3 is 2.58 bits per heavy atom. The number of benzene rings is 1. The number of nitrogen functional groups attached to an aromatic ring is 1. The topological polar surface area (TPSA) is 102 Å². The van der Waals surface area contributed by atoms with Crippen molar-refractivity contribution in [1.29, 1.82) is 0 Å². The van der Waals surface area contributed by atoms with Crippen LogP contribution in [0.2, 0.25) is 0 Å². The third kappa shape index (κ3) is 4.63. The van der Waals surface area contributed by atoms with Crippen LogP contribution in [0.25, 0.3) is 5.57 Å². The first-order valence-corrected chi connectivity index (χ1v) is 8.84. The van der Waals surface area contributed by atoms with Crippen molar-refractivity contribution >= 4 is 34.6 Å². The monoisotopic (exact) mass is 349 g/mol. The van der Waals surface area contributed by atoms with Gasteiger partial charge in [-0.15, -0.1) is 11.8 Å². The summed E-state index contributed by atoms with van der Waals surface area (Å²) in [5.74, 6) is 3.77. The van der Waals surface area contributed by atoms with Gasteiger partial charge in [-0.2, -0.15) is 0 Å². The molecule has 0 fully saturated rings. The molecule has 0 saturated carbocycles. The van der Waals surface area contributed by atoms with Gasteiger partial charge in [0.1, 0.15) is 0 Å². The number of rotatable bonds is 8. The Bertz CT molecular complexity index is 648. The molecule has 0 aliphatic carbocycles. The van der Waals surface area contributed by atoms with Crippen LogP contribution in [-0.4, -0.2) is 66.4 Å². The lowest BCUT2D eigenvalue weighted by molar-refractivity contribution is 0.281. The second kappa shape index (κ2) is 9.52. The molecule has 24 heavy (non-hydrogen) atoms. The molecule has 0 bridgehead atoms. The lowest BCUT2D eigenvalue weighted by Crippen LogP contribution is -2.29. The predicted molar refractivity (Wildman–Crippen MR) is 101 cm³/mol. The van der Waals surface area contributed by atoms with E-state index in [1.807, 2.05) is 28.5 Å². The molecule has 6 nitrogen and oxygen atoms in total.